The van der Waals surface area contributed by atoms with E-state index < -0.39 is 0 Å². The number of benzene rings is 2. The van der Waals surface area contributed by atoms with E-state index in [4.69, 9.17) is 0 Å². The van der Waals surface area contributed by atoms with Gasteiger partial charge in [0.2, 0.25) is 11.8 Å². The van der Waals surface area contributed by atoms with E-state index in [1.165, 1.54) is 11.3 Å². The molecule has 4 rings (SSSR count). The van der Waals surface area contributed by atoms with Crippen molar-refractivity contribution in [1.29, 1.82) is 0 Å². The van der Waals surface area contributed by atoms with E-state index in [0.29, 0.717) is 13.1 Å². The van der Waals surface area contributed by atoms with Crippen molar-refractivity contribution in [3.63, 3.8) is 0 Å². The topological polar surface area (TPSA) is 62.3 Å². The van der Waals surface area contributed by atoms with Gasteiger partial charge in [-0.2, -0.15) is 0 Å². The maximum absolute atomic E-state index is 12.5. The van der Waals surface area contributed by atoms with E-state index in [0.717, 1.165) is 21.5 Å². The van der Waals surface area contributed by atoms with Crippen LogP contribution in [0.25, 0.3) is 10.2 Å². The predicted molar refractivity (Wildman–Crippen MR) is 98.2 cm³/mol. The van der Waals surface area contributed by atoms with Crippen molar-refractivity contribution in [3.8, 4) is 0 Å². The van der Waals surface area contributed by atoms with E-state index in [-0.39, 0.29) is 24.2 Å². The Labute approximate surface area is 149 Å². The zero-order chi connectivity index (χ0) is 17.2. The van der Waals surface area contributed by atoms with Gasteiger partial charge in [-0.3, -0.25) is 9.59 Å². The van der Waals surface area contributed by atoms with E-state index in [2.05, 4.69) is 10.3 Å². The predicted octanol–water partition coefficient (Wildman–Crippen LogP) is 3.28. The summed E-state index contributed by atoms with van der Waals surface area (Å²) >= 11 is 1.54. The summed E-state index contributed by atoms with van der Waals surface area (Å²) in [6.45, 7) is 1.01. The fourth-order valence-electron chi connectivity index (χ4n) is 3.08. The second-order valence-electron chi connectivity index (χ2n) is 6.19. The molecule has 2 amide bonds. The number of fused-ring (bicyclic) bond motifs is 1. The minimum absolute atomic E-state index is 0.0295. The Hall–Kier alpha value is -2.73. The Morgan fingerprint density at radius 3 is 2.92 bits per heavy atom. The number of carbonyl (C=O) groups excluding carboxylic acids is 2. The summed E-state index contributed by atoms with van der Waals surface area (Å²) < 4.78 is 1.03. The Morgan fingerprint density at radius 2 is 2.08 bits per heavy atom. The Bertz CT molecular complexity index is 923. The number of carbonyl (C=O) groups is 2. The second kappa shape index (κ2) is 6.64. The molecule has 2 heterocycles. The highest BCUT2D eigenvalue weighted by Crippen LogP contribution is 2.25. The number of rotatable bonds is 4. The van der Waals surface area contributed by atoms with Crippen molar-refractivity contribution >= 4 is 39.1 Å². The zero-order valence-electron chi connectivity index (χ0n) is 13.5. The number of anilines is 1. The fraction of sp³-hybridized carbons (Fsp3) is 0.211. The summed E-state index contributed by atoms with van der Waals surface area (Å²) in [7, 11) is 0. The van der Waals surface area contributed by atoms with E-state index in [1.807, 2.05) is 48.5 Å². The first-order valence-corrected chi connectivity index (χ1v) is 9.03. The molecule has 0 spiro atoms. The average molecular weight is 351 g/mol. The number of likely N-dealkylation sites (tertiary alicyclic amines) is 1. The molecule has 1 unspecified atom stereocenters. The third-order valence-corrected chi connectivity index (χ3v) is 5.19. The number of nitrogens with zero attached hydrogens (tertiary/aromatic N) is 2. The van der Waals surface area contributed by atoms with Crippen LogP contribution in [0.2, 0.25) is 0 Å². The largest absolute Gasteiger partial charge is 0.338 e. The van der Waals surface area contributed by atoms with Gasteiger partial charge in [0.1, 0.15) is 0 Å². The molecule has 25 heavy (non-hydrogen) atoms. The Kier molecular flexibility index (Phi) is 4.19. The van der Waals surface area contributed by atoms with Crippen molar-refractivity contribution in [1.82, 2.24) is 9.88 Å². The molecule has 1 aliphatic heterocycles. The number of amides is 2. The van der Waals surface area contributed by atoms with Gasteiger partial charge in [0.15, 0.2) is 0 Å². The van der Waals surface area contributed by atoms with Crippen LogP contribution < -0.4 is 5.32 Å². The summed E-state index contributed by atoms with van der Waals surface area (Å²) in [5.41, 5.74) is 4.53. The summed E-state index contributed by atoms with van der Waals surface area (Å²) in [5, 5.41) is 2.93. The Morgan fingerprint density at radius 1 is 1.24 bits per heavy atom. The first-order chi connectivity index (χ1) is 12.2. The third-order valence-electron chi connectivity index (χ3n) is 4.40. The lowest BCUT2D eigenvalue weighted by Crippen LogP contribution is -2.28. The molecule has 6 heteroatoms. The van der Waals surface area contributed by atoms with Crippen molar-refractivity contribution in [3.05, 3.63) is 59.6 Å². The van der Waals surface area contributed by atoms with Gasteiger partial charge in [-0.15, -0.1) is 11.3 Å². The highest BCUT2D eigenvalue weighted by atomic mass is 32.1. The highest BCUT2D eigenvalue weighted by molar-refractivity contribution is 7.16. The number of thiazole rings is 1. The third kappa shape index (κ3) is 3.39. The first kappa shape index (κ1) is 15.8. The molecule has 5 nitrogen and oxygen atoms in total. The molecule has 0 aliphatic carbocycles. The molecule has 0 saturated carbocycles. The lowest BCUT2D eigenvalue weighted by atomic mass is 10.1. The van der Waals surface area contributed by atoms with Crippen LogP contribution in [0, 0.1) is 5.92 Å². The van der Waals surface area contributed by atoms with Gasteiger partial charge in [-0.25, -0.2) is 4.98 Å². The number of hydrogen-bond donors (Lipinski definition) is 1. The standard InChI is InChI=1S/C19H17N3O2S/c23-18-8-14(11-22(18)10-13-4-2-1-3-5-13)19(24)21-15-6-7-16-17(9-15)25-12-20-16/h1-7,9,12,14H,8,10-11H2,(H,21,24). The molecule has 1 saturated heterocycles. The lowest BCUT2D eigenvalue weighted by Gasteiger charge is -2.16. The minimum atomic E-state index is -0.312. The summed E-state index contributed by atoms with van der Waals surface area (Å²) in [6, 6.07) is 15.5. The highest BCUT2D eigenvalue weighted by Gasteiger charge is 2.34. The minimum Gasteiger partial charge on any atom is -0.338 e. The van der Waals surface area contributed by atoms with Crippen LogP contribution in [0.4, 0.5) is 5.69 Å². The van der Waals surface area contributed by atoms with E-state index >= 15 is 0 Å². The molecule has 0 radical (unpaired) electrons. The van der Waals surface area contributed by atoms with Gasteiger partial charge < -0.3 is 10.2 Å². The Balaban J connectivity index is 1.41. The molecule has 3 aromatic rings. The summed E-state index contributed by atoms with van der Waals surface area (Å²) in [5.74, 6) is -0.386. The number of hydrogen-bond acceptors (Lipinski definition) is 4. The lowest BCUT2D eigenvalue weighted by molar-refractivity contribution is -0.128. The molecular weight excluding hydrogens is 334 g/mol. The molecule has 1 N–H and O–H groups in total. The summed E-state index contributed by atoms with van der Waals surface area (Å²) in [6.07, 6.45) is 0.265. The normalized spacial score (nSPS) is 17.2. The van der Waals surface area contributed by atoms with Crippen LogP contribution in [0.15, 0.2) is 54.0 Å². The van der Waals surface area contributed by atoms with Crippen LogP contribution in [-0.2, 0) is 16.1 Å². The van der Waals surface area contributed by atoms with Gasteiger partial charge in [0.05, 0.1) is 21.6 Å². The molecule has 1 fully saturated rings. The zero-order valence-corrected chi connectivity index (χ0v) is 14.3. The molecule has 126 valence electrons. The van der Waals surface area contributed by atoms with Gasteiger partial charge in [-0.05, 0) is 23.8 Å². The van der Waals surface area contributed by atoms with Crippen molar-refractivity contribution in [2.45, 2.75) is 13.0 Å². The molecular formula is C19H17N3O2S. The summed E-state index contributed by atoms with van der Waals surface area (Å²) in [4.78, 5) is 30.7. The van der Waals surface area contributed by atoms with Gasteiger partial charge in [0.25, 0.3) is 0 Å². The fourth-order valence-corrected chi connectivity index (χ4v) is 3.80. The van der Waals surface area contributed by atoms with Gasteiger partial charge in [0, 0.05) is 25.2 Å². The monoisotopic (exact) mass is 351 g/mol. The van der Waals surface area contributed by atoms with E-state index in [9.17, 15) is 9.59 Å². The molecule has 1 aliphatic rings. The average Bonchev–Trinajstić information content (AvgIpc) is 3.22. The second-order valence-corrected chi connectivity index (χ2v) is 7.07. The van der Waals surface area contributed by atoms with Crippen LogP contribution in [0.3, 0.4) is 0 Å². The number of nitrogens with one attached hydrogen (secondary N) is 1. The van der Waals surface area contributed by atoms with Crippen LogP contribution in [0.1, 0.15) is 12.0 Å². The molecule has 2 aromatic carbocycles. The maximum atomic E-state index is 12.5. The van der Waals surface area contributed by atoms with E-state index in [1.54, 1.807) is 10.4 Å². The molecule has 1 atom stereocenters. The quantitative estimate of drug-likeness (QED) is 0.785. The van der Waals surface area contributed by atoms with Crippen molar-refractivity contribution in [2.75, 3.05) is 11.9 Å². The van der Waals surface area contributed by atoms with Gasteiger partial charge >= 0.3 is 0 Å². The first-order valence-electron chi connectivity index (χ1n) is 8.15. The maximum Gasteiger partial charge on any atom is 0.229 e. The smallest absolute Gasteiger partial charge is 0.229 e. The van der Waals surface area contributed by atoms with Crippen molar-refractivity contribution in [2.24, 2.45) is 5.92 Å². The SMILES string of the molecule is O=C(Nc1ccc2ncsc2c1)C1CC(=O)N(Cc2ccccc2)C1. The van der Waals surface area contributed by atoms with Crippen LogP contribution >= 0.6 is 11.3 Å². The van der Waals surface area contributed by atoms with Gasteiger partial charge in [-0.1, -0.05) is 30.3 Å². The van der Waals surface area contributed by atoms with Crippen LogP contribution in [-0.4, -0.2) is 28.2 Å². The number of aromatic nitrogens is 1. The molecule has 0 bridgehead atoms. The van der Waals surface area contributed by atoms with Crippen LogP contribution in [0.5, 0.6) is 0 Å². The molecule has 1 aromatic heterocycles. The van der Waals surface area contributed by atoms with Crippen molar-refractivity contribution < 1.29 is 9.59 Å².